The van der Waals surface area contributed by atoms with Gasteiger partial charge in [-0.3, -0.25) is 14.4 Å². The van der Waals surface area contributed by atoms with Crippen molar-refractivity contribution in [3.8, 4) is 11.3 Å². The lowest BCUT2D eigenvalue weighted by Gasteiger charge is -2.12. The predicted molar refractivity (Wildman–Crippen MR) is 190 cm³/mol. The summed E-state index contributed by atoms with van der Waals surface area (Å²) in [5.41, 5.74) is 2.65. The van der Waals surface area contributed by atoms with Gasteiger partial charge in [0, 0.05) is 32.1 Å². The summed E-state index contributed by atoms with van der Waals surface area (Å²) in [6, 6.07) is 25.6. The topological polar surface area (TPSA) is 100 Å². The third kappa shape index (κ3) is 8.91. The van der Waals surface area contributed by atoms with E-state index in [1.54, 1.807) is 91.0 Å². The first-order valence-corrected chi connectivity index (χ1v) is 16.8. The van der Waals surface area contributed by atoms with Gasteiger partial charge in [0.25, 0.3) is 11.8 Å². The van der Waals surface area contributed by atoms with Crippen LogP contribution in [0.4, 0.5) is 10.8 Å². The summed E-state index contributed by atoms with van der Waals surface area (Å²) in [5.74, 6) is -1.12. The van der Waals surface area contributed by atoms with E-state index in [1.165, 1.54) is 29.2 Å². The molecule has 3 amide bonds. The van der Waals surface area contributed by atoms with Gasteiger partial charge in [-0.25, -0.2) is 4.98 Å². The summed E-state index contributed by atoms with van der Waals surface area (Å²) in [6.07, 6.45) is 1.46. The van der Waals surface area contributed by atoms with E-state index in [1.807, 2.05) is 5.38 Å². The second-order valence-corrected chi connectivity index (χ2v) is 13.0. The van der Waals surface area contributed by atoms with Crippen LogP contribution in [0.1, 0.15) is 15.9 Å². The fraction of sp³-hybridized carbons (Fsp3) is 0.0303. The first-order valence-electron chi connectivity index (χ1n) is 13.4. The first-order chi connectivity index (χ1) is 22.2. The fourth-order valence-electron chi connectivity index (χ4n) is 4.02. The Hall–Kier alpha value is -3.83. The molecule has 46 heavy (non-hydrogen) atoms. The highest BCUT2D eigenvalue weighted by Gasteiger charge is 2.17. The fourth-order valence-corrected chi connectivity index (χ4v) is 6.31. The highest BCUT2D eigenvalue weighted by molar-refractivity contribution is 8.00. The number of amides is 3. The quantitative estimate of drug-likeness (QED) is 0.0983. The number of hydrogen-bond donors (Lipinski definition) is 3. The molecule has 7 nitrogen and oxygen atoms in total. The van der Waals surface area contributed by atoms with Gasteiger partial charge in [-0.2, -0.15) is 0 Å². The molecule has 13 heteroatoms. The second-order valence-electron chi connectivity index (χ2n) is 9.50. The smallest absolute Gasteiger partial charge is 0.272 e. The molecule has 0 aliphatic carbocycles. The van der Waals surface area contributed by atoms with Crippen molar-refractivity contribution in [1.29, 1.82) is 0 Å². The molecule has 0 saturated heterocycles. The minimum Gasteiger partial charge on any atom is -0.321 e. The monoisotopic (exact) mass is 726 g/mol. The number of benzene rings is 4. The maximum absolute atomic E-state index is 13.3. The molecule has 3 N–H and O–H groups in total. The highest BCUT2D eigenvalue weighted by Crippen LogP contribution is 2.33. The first kappa shape index (κ1) is 33.5. The molecule has 5 aromatic rings. The third-order valence-electron chi connectivity index (χ3n) is 6.25. The van der Waals surface area contributed by atoms with Gasteiger partial charge in [0.1, 0.15) is 5.70 Å². The maximum atomic E-state index is 13.3. The van der Waals surface area contributed by atoms with Crippen LogP contribution in [0.25, 0.3) is 17.3 Å². The largest absolute Gasteiger partial charge is 0.321 e. The van der Waals surface area contributed by atoms with Crippen molar-refractivity contribution < 1.29 is 14.4 Å². The number of thiazole rings is 1. The summed E-state index contributed by atoms with van der Waals surface area (Å²) in [4.78, 5) is 44.1. The Morgan fingerprint density at radius 2 is 1.59 bits per heavy atom. The van der Waals surface area contributed by atoms with Crippen molar-refractivity contribution in [3.63, 3.8) is 0 Å². The molecule has 1 heterocycles. The van der Waals surface area contributed by atoms with Gasteiger partial charge >= 0.3 is 0 Å². The molecular formula is C33H22Cl4N4O3S2. The van der Waals surface area contributed by atoms with Crippen molar-refractivity contribution in [2.45, 2.75) is 4.90 Å². The Morgan fingerprint density at radius 3 is 2.33 bits per heavy atom. The zero-order valence-corrected chi connectivity index (χ0v) is 28.2. The van der Waals surface area contributed by atoms with Crippen LogP contribution in [0.5, 0.6) is 0 Å². The standard InChI is InChI=1S/C33H22Cl4N4O3S2/c34-21-9-14-24(26(36)16-21)28-17-46-33(40-28)41-29(42)18-45-23-12-10-22(11-13-23)38-32(44)27(15-20-7-4-8-25(35)30(20)37)39-31(43)19-5-2-1-3-6-19/h1-17H,18H2,(H,38,44)(H,39,43)(H,40,41,42)/b27-15-. The Labute approximate surface area is 292 Å². The number of nitrogens with one attached hydrogen (secondary N) is 3. The third-order valence-corrected chi connectivity index (χ3v) is 9.40. The number of hydrogen-bond acceptors (Lipinski definition) is 6. The number of carbonyl (C=O) groups excluding carboxylic acids is 3. The van der Waals surface area contributed by atoms with Gasteiger partial charge in [0.15, 0.2) is 5.13 Å². The van der Waals surface area contributed by atoms with Gasteiger partial charge in [-0.05, 0) is 72.3 Å². The van der Waals surface area contributed by atoms with E-state index in [9.17, 15) is 14.4 Å². The zero-order valence-electron chi connectivity index (χ0n) is 23.5. The van der Waals surface area contributed by atoms with Crippen LogP contribution in [0.15, 0.2) is 107 Å². The van der Waals surface area contributed by atoms with Crippen LogP contribution in [0.3, 0.4) is 0 Å². The number of thioether (sulfide) groups is 1. The Balaban J connectivity index is 1.20. The highest BCUT2D eigenvalue weighted by atomic mass is 35.5. The van der Waals surface area contributed by atoms with Gasteiger partial charge in [0.2, 0.25) is 5.91 Å². The average Bonchev–Trinajstić information content (AvgIpc) is 3.50. The lowest BCUT2D eigenvalue weighted by Crippen LogP contribution is -2.30. The molecule has 232 valence electrons. The summed E-state index contributed by atoms with van der Waals surface area (Å²) >= 11 is 27.4. The van der Waals surface area contributed by atoms with E-state index in [2.05, 4.69) is 20.9 Å². The van der Waals surface area contributed by atoms with E-state index in [0.29, 0.717) is 42.7 Å². The Morgan fingerprint density at radius 1 is 0.826 bits per heavy atom. The lowest BCUT2D eigenvalue weighted by atomic mass is 10.1. The molecule has 0 fully saturated rings. The zero-order chi connectivity index (χ0) is 32.6. The summed E-state index contributed by atoms with van der Waals surface area (Å²) < 4.78 is 0. The van der Waals surface area contributed by atoms with E-state index < -0.39 is 11.8 Å². The van der Waals surface area contributed by atoms with Crippen molar-refractivity contribution in [1.82, 2.24) is 10.3 Å². The SMILES string of the molecule is O=C(CSc1ccc(NC(=O)/C(=C/c2cccc(Cl)c2Cl)NC(=O)c2ccccc2)cc1)Nc1nc(-c2ccc(Cl)cc2Cl)cs1. The van der Waals surface area contributed by atoms with E-state index in [-0.39, 0.29) is 22.4 Å². The molecule has 4 aromatic carbocycles. The number of carbonyl (C=O) groups is 3. The van der Waals surface area contributed by atoms with Crippen molar-refractivity contribution >= 4 is 104 Å². The minimum absolute atomic E-state index is 0.0307. The van der Waals surface area contributed by atoms with Crippen molar-refractivity contribution in [2.24, 2.45) is 0 Å². The molecule has 0 atom stereocenters. The second kappa shape index (κ2) is 15.6. The van der Waals surface area contributed by atoms with Crippen molar-refractivity contribution in [2.75, 3.05) is 16.4 Å². The minimum atomic E-state index is -0.567. The van der Waals surface area contributed by atoms with Crippen LogP contribution in [0.2, 0.25) is 20.1 Å². The lowest BCUT2D eigenvalue weighted by molar-refractivity contribution is -0.114. The van der Waals surface area contributed by atoms with Crippen LogP contribution in [-0.2, 0) is 9.59 Å². The number of aromatic nitrogens is 1. The van der Waals surface area contributed by atoms with Gasteiger partial charge in [-0.15, -0.1) is 23.1 Å². The molecule has 0 saturated carbocycles. The van der Waals surface area contributed by atoms with Crippen LogP contribution in [-0.4, -0.2) is 28.5 Å². The number of anilines is 2. The average molecular weight is 729 g/mol. The van der Waals surface area contributed by atoms with E-state index >= 15 is 0 Å². The van der Waals surface area contributed by atoms with Crippen LogP contribution < -0.4 is 16.0 Å². The molecule has 1 aromatic heterocycles. The van der Waals surface area contributed by atoms with Gasteiger partial charge < -0.3 is 16.0 Å². The Bertz CT molecular complexity index is 1930. The molecular weight excluding hydrogens is 706 g/mol. The van der Waals surface area contributed by atoms with E-state index in [0.717, 1.165) is 10.5 Å². The summed E-state index contributed by atoms with van der Waals surface area (Å²) in [5, 5.41) is 12.1. The van der Waals surface area contributed by atoms with Crippen molar-refractivity contribution in [3.05, 3.63) is 133 Å². The predicted octanol–water partition coefficient (Wildman–Crippen LogP) is 9.56. The van der Waals surface area contributed by atoms with Gasteiger partial charge in [0.05, 0.1) is 26.5 Å². The molecule has 0 spiro atoms. The summed E-state index contributed by atoms with van der Waals surface area (Å²) in [7, 11) is 0. The van der Waals surface area contributed by atoms with Crippen LogP contribution in [0, 0.1) is 0 Å². The van der Waals surface area contributed by atoms with E-state index in [4.69, 9.17) is 46.4 Å². The van der Waals surface area contributed by atoms with Crippen LogP contribution >= 0.6 is 69.5 Å². The number of rotatable bonds is 10. The summed E-state index contributed by atoms with van der Waals surface area (Å²) in [6.45, 7) is 0. The number of halogens is 4. The maximum Gasteiger partial charge on any atom is 0.272 e. The molecule has 5 rings (SSSR count). The molecule has 0 aliphatic heterocycles. The van der Waals surface area contributed by atoms with Gasteiger partial charge in [-0.1, -0.05) is 76.7 Å². The Kier molecular flexibility index (Phi) is 11.4. The molecule has 0 aliphatic rings. The molecule has 0 bridgehead atoms. The molecule has 0 unspecified atom stereocenters. The molecule has 0 radical (unpaired) electrons. The normalized spacial score (nSPS) is 11.2. The number of nitrogens with zero attached hydrogens (tertiary/aromatic N) is 1.